The molecule has 1 amide bonds. The first-order valence-corrected chi connectivity index (χ1v) is 9.20. The number of anilines is 1. The van der Waals surface area contributed by atoms with Gasteiger partial charge in [0, 0.05) is 23.3 Å². The number of pyridine rings is 2. The summed E-state index contributed by atoms with van der Waals surface area (Å²) in [5.41, 5.74) is 1.41. The number of hydrogen-bond donors (Lipinski definition) is 2. The zero-order valence-electron chi connectivity index (χ0n) is 15.7. The minimum Gasteiger partial charge on any atom is -0.378 e. The lowest BCUT2D eigenvalue weighted by molar-refractivity contribution is -0.207. The second-order valence-corrected chi connectivity index (χ2v) is 7.35. The third-order valence-corrected chi connectivity index (χ3v) is 5.06. The van der Waals surface area contributed by atoms with Gasteiger partial charge in [-0.05, 0) is 48.1 Å². The van der Waals surface area contributed by atoms with E-state index in [1.807, 2.05) is 0 Å². The zero-order valence-corrected chi connectivity index (χ0v) is 15.7. The standard InChI is InChI=1S/C21H17F4N3O2/c1-10-4-17(19(29)21(23,24)25)26-9-15(10)12-3-2-11-6-18(27-8-13(11)5-12)28-20(30)14-7-16(14)22/h2-6,8-9,14,16,19,29H,7H2,1H3,(H,27,28,30)/t14-,16+,19?/m1/s1. The molecule has 0 saturated heterocycles. The van der Waals surface area contributed by atoms with Gasteiger partial charge in [-0.3, -0.25) is 9.78 Å². The first-order valence-electron chi connectivity index (χ1n) is 9.20. The minimum atomic E-state index is -4.78. The lowest BCUT2D eigenvalue weighted by Gasteiger charge is -2.15. The number of nitrogens with zero attached hydrogens (tertiary/aromatic N) is 2. The molecule has 0 spiro atoms. The Morgan fingerprint density at radius 2 is 1.90 bits per heavy atom. The normalized spacial score (nSPS) is 19.5. The second kappa shape index (κ2) is 7.32. The maximum absolute atomic E-state index is 13.0. The van der Waals surface area contributed by atoms with Gasteiger partial charge in [-0.2, -0.15) is 13.2 Å². The van der Waals surface area contributed by atoms with Crippen LogP contribution < -0.4 is 5.32 Å². The molecule has 1 aliphatic carbocycles. The minimum absolute atomic E-state index is 0.231. The molecule has 2 aromatic heterocycles. The highest BCUT2D eigenvalue weighted by molar-refractivity contribution is 5.96. The Balaban J connectivity index is 1.59. The van der Waals surface area contributed by atoms with Crippen molar-refractivity contribution in [3.63, 3.8) is 0 Å². The number of carbonyl (C=O) groups is 1. The number of benzene rings is 1. The van der Waals surface area contributed by atoms with Crippen LogP contribution in [0.2, 0.25) is 0 Å². The SMILES string of the molecule is Cc1cc(C(O)C(F)(F)F)ncc1-c1ccc2cc(NC(=O)[C@@H]3C[C@@H]3F)ncc2c1. The lowest BCUT2D eigenvalue weighted by atomic mass is 9.99. The number of amides is 1. The van der Waals surface area contributed by atoms with Gasteiger partial charge in [0.2, 0.25) is 5.91 Å². The van der Waals surface area contributed by atoms with E-state index in [1.165, 1.54) is 12.3 Å². The average Bonchev–Trinajstić information content (AvgIpc) is 3.43. The van der Waals surface area contributed by atoms with Gasteiger partial charge >= 0.3 is 6.18 Å². The van der Waals surface area contributed by atoms with Crippen LogP contribution in [0.15, 0.2) is 42.7 Å². The van der Waals surface area contributed by atoms with Crippen LogP contribution in [0.25, 0.3) is 21.9 Å². The quantitative estimate of drug-likeness (QED) is 0.611. The van der Waals surface area contributed by atoms with E-state index in [9.17, 15) is 27.5 Å². The highest BCUT2D eigenvalue weighted by atomic mass is 19.4. The maximum Gasteiger partial charge on any atom is 0.420 e. The maximum atomic E-state index is 13.0. The van der Waals surface area contributed by atoms with Crippen LogP contribution in [0, 0.1) is 12.8 Å². The molecule has 5 nitrogen and oxygen atoms in total. The molecule has 30 heavy (non-hydrogen) atoms. The molecule has 156 valence electrons. The van der Waals surface area contributed by atoms with Crippen molar-refractivity contribution in [2.75, 3.05) is 5.32 Å². The van der Waals surface area contributed by atoms with Crippen molar-refractivity contribution in [2.24, 2.45) is 5.92 Å². The molecule has 0 radical (unpaired) electrons. The molecule has 9 heteroatoms. The van der Waals surface area contributed by atoms with Crippen LogP contribution in [0.4, 0.5) is 23.4 Å². The molecule has 1 aromatic carbocycles. The molecule has 3 aromatic rings. The van der Waals surface area contributed by atoms with Gasteiger partial charge < -0.3 is 10.4 Å². The number of aliphatic hydroxyl groups excluding tert-OH is 1. The van der Waals surface area contributed by atoms with Crippen molar-refractivity contribution in [2.45, 2.75) is 31.8 Å². The Kier molecular flexibility index (Phi) is 4.93. The van der Waals surface area contributed by atoms with E-state index in [4.69, 9.17) is 0 Å². The number of aliphatic hydroxyl groups is 1. The molecule has 0 aliphatic heterocycles. The third-order valence-electron chi connectivity index (χ3n) is 5.06. The summed E-state index contributed by atoms with van der Waals surface area (Å²) >= 11 is 0. The van der Waals surface area contributed by atoms with E-state index in [0.717, 1.165) is 16.3 Å². The number of fused-ring (bicyclic) bond motifs is 1. The molecule has 3 atom stereocenters. The van der Waals surface area contributed by atoms with Crippen molar-refractivity contribution < 1.29 is 27.5 Å². The van der Waals surface area contributed by atoms with E-state index in [1.54, 1.807) is 37.4 Å². The second-order valence-electron chi connectivity index (χ2n) is 7.35. The van der Waals surface area contributed by atoms with Gasteiger partial charge in [-0.1, -0.05) is 12.1 Å². The Bertz CT molecular complexity index is 1130. The number of hydrogen-bond acceptors (Lipinski definition) is 4. The summed E-state index contributed by atoms with van der Waals surface area (Å²) in [5.74, 6) is -0.685. The topological polar surface area (TPSA) is 75.1 Å². The van der Waals surface area contributed by atoms with Crippen LogP contribution in [-0.4, -0.2) is 33.3 Å². The number of nitrogens with one attached hydrogen (secondary N) is 1. The molecule has 0 bridgehead atoms. The van der Waals surface area contributed by atoms with Gasteiger partial charge in [-0.15, -0.1) is 0 Å². The fourth-order valence-electron chi connectivity index (χ4n) is 3.23. The first-order chi connectivity index (χ1) is 14.1. The molecular formula is C21H17F4N3O2. The number of rotatable bonds is 4. The monoisotopic (exact) mass is 419 g/mol. The molecule has 4 rings (SSSR count). The fraction of sp³-hybridized carbons (Fsp3) is 0.286. The summed E-state index contributed by atoms with van der Waals surface area (Å²) in [7, 11) is 0. The smallest absolute Gasteiger partial charge is 0.378 e. The van der Waals surface area contributed by atoms with Crippen molar-refractivity contribution >= 4 is 22.5 Å². The number of aryl methyl sites for hydroxylation is 1. The summed E-state index contributed by atoms with van der Waals surface area (Å²) < 4.78 is 51.1. The Hall–Kier alpha value is -3.07. The Labute approximate surface area is 168 Å². The molecular weight excluding hydrogens is 402 g/mol. The predicted octanol–water partition coefficient (Wildman–Crippen LogP) is 4.50. The number of carbonyl (C=O) groups excluding carboxylic acids is 1. The molecule has 1 fully saturated rings. The zero-order chi connectivity index (χ0) is 21.6. The summed E-state index contributed by atoms with van der Waals surface area (Å²) in [5, 5.41) is 13.5. The predicted molar refractivity (Wildman–Crippen MR) is 102 cm³/mol. The van der Waals surface area contributed by atoms with Crippen molar-refractivity contribution in [1.29, 1.82) is 0 Å². The molecule has 2 heterocycles. The van der Waals surface area contributed by atoms with Crippen molar-refractivity contribution in [3.05, 3.63) is 54.0 Å². The van der Waals surface area contributed by atoms with Gasteiger partial charge in [0.25, 0.3) is 0 Å². The third kappa shape index (κ3) is 3.97. The van der Waals surface area contributed by atoms with E-state index in [0.29, 0.717) is 16.9 Å². The van der Waals surface area contributed by atoms with E-state index >= 15 is 0 Å². The number of alkyl halides is 4. The van der Waals surface area contributed by atoms with Gasteiger partial charge in [-0.25, -0.2) is 9.37 Å². The Morgan fingerprint density at radius 1 is 1.17 bits per heavy atom. The lowest BCUT2D eigenvalue weighted by Crippen LogP contribution is -2.21. The highest BCUT2D eigenvalue weighted by Crippen LogP contribution is 2.35. The van der Waals surface area contributed by atoms with E-state index in [-0.39, 0.29) is 6.42 Å². The number of aromatic nitrogens is 2. The first kappa shape index (κ1) is 20.2. The summed E-state index contributed by atoms with van der Waals surface area (Å²) in [6.07, 6.45) is -5.43. The van der Waals surface area contributed by atoms with Crippen LogP contribution in [0.3, 0.4) is 0 Å². The van der Waals surface area contributed by atoms with E-state index < -0.39 is 36.0 Å². The fourth-order valence-corrected chi connectivity index (χ4v) is 3.23. The Morgan fingerprint density at radius 3 is 2.53 bits per heavy atom. The molecule has 2 N–H and O–H groups in total. The highest BCUT2D eigenvalue weighted by Gasteiger charge is 2.43. The average molecular weight is 419 g/mol. The molecule has 1 saturated carbocycles. The van der Waals surface area contributed by atoms with Gasteiger partial charge in [0.05, 0.1) is 11.6 Å². The van der Waals surface area contributed by atoms with Crippen LogP contribution in [0.1, 0.15) is 23.8 Å². The summed E-state index contributed by atoms with van der Waals surface area (Å²) in [4.78, 5) is 19.8. The molecule has 1 aliphatic rings. The van der Waals surface area contributed by atoms with Crippen LogP contribution in [0.5, 0.6) is 0 Å². The van der Waals surface area contributed by atoms with Crippen LogP contribution >= 0.6 is 0 Å². The largest absolute Gasteiger partial charge is 0.420 e. The molecule has 1 unspecified atom stereocenters. The van der Waals surface area contributed by atoms with Crippen molar-refractivity contribution in [3.8, 4) is 11.1 Å². The van der Waals surface area contributed by atoms with Crippen LogP contribution in [-0.2, 0) is 4.79 Å². The summed E-state index contributed by atoms with van der Waals surface area (Å²) in [6.45, 7) is 1.64. The van der Waals surface area contributed by atoms with Gasteiger partial charge in [0.15, 0.2) is 6.10 Å². The number of halogens is 4. The van der Waals surface area contributed by atoms with Crippen molar-refractivity contribution in [1.82, 2.24) is 9.97 Å². The van der Waals surface area contributed by atoms with Gasteiger partial charge in [0.1, 0.15) is 12.0 Å². The van der Waals surface area contributed by atoms with E-state index in [2.05, 4.69) is 15.3 Å². The summed E-state index contributed by atoms with van der Waals surface area (Å²) in [6, 6.07) is 8.24.